The van der Waals surface area contributed by atoms with Crippen molar-refractivity contribution in [2.24, 2.45) is 11.8 Å². The van der Waals surface area contributed by atoms with Crippen LogP contribution in [0.25, 0.3) is 0 Å². The molecule has 0 aliphatic carbocycles. The number of amides is 2. The van der Waals surface area contributed by atoms with Crippen molar-refractivity contribution >= 4 is 34.8 Å². The Morgan fingerprint density at radius 1 is 1.14 bits per heavy atom. The van der Waals surface area contributed by atoms with Gasteiger partial charge in [0.15, 0.2) is 0 Å². The summed E-state index contributed by atoms with van der Waals surface area (Å²) >= 11 is 6.04. The maximum absolute atomic E-state index is 12.6. The zero-order valence-electron chi connectivity index (χ0n) is 11.0. The Hall–Kier alpha value is -2.25. The highest BCUT2D eigenvalue weighted by Gasteiger charge is 2.61. The molecule has 2 amide bonds. The van der Waals surface area contributed by atoms with Crippen LogP contribution in [0, 0.1) is 22.0 Å². The minimum absolute atomic E-state index is 0.0552. The first-order chi connectivity index (χ1) is 10.5. The fraction of sp³-hybridized carbons (Fsp3) is 0.286. The molecule has 0 unspecified atom stereocenters. The lowest BCUT2D eigenvalue weighted by Gasteiger charge is -2.18. The molecule has 22 heavy (non-hydrogen) atoms. The van der Waals surface area contributed by atoms with Crippen LogP contribution in [0.1, 0.15) is 0 Å². The predicted octanol–water partition coefficient (Wildman–Crippen LogP) is 1.69. The van der Waals surface area contributed by atoms with Gasteiger partial charge in [-0.05, 0) is 6.07 Å². The van der Waals surface area contributed by atoms with Crippen LogP contribution in [0.2, 0.25) is 5.02 Å². The summed E-state index contributed by atoms with van der Waals surface area (Å²) in [5.74, 6) is -1.99. The third-order valence-corrected chi connectivity index (χ3v) is 4.61. The molecular weight excluding hydrogens is 312 g/mol. The molecule has 112 valence electrons. The van der Waals surface area contributed by atoms with Gasteiger partial charge in [-0.15, -0.1) is 0 Å². The number of nitro groups is 1. The summed E-state index contributed by atoms with van der Waals surface area (Å²) in [7, 11) is 0. The zero-order valence-corrected chi connectivity index (χ0v) is 11.8. The standard InChI is InChI=1S/C14H9ClN2O5/c15-7-2-1-6(17(20)21)5-8(7)16-13(18)11-9-3-4-10(22-9)12(11)14(16)19/h1-5,9-12H/t9-,10+,11+,12-. The molecule has 0 saturated carbocycles. The van der Waals surface area contributed by atoms with Gasteiger partial charge in [-0.3, -0.25) is 19.7 Å². The Balaban J connectivity index is 1.79. The molecule has 3 heterocycles. The number of halogens is 1. The lowest BCUT2D eigenvalue weighted by atomic mass is 9.85. The summed E-state index contributed by atoms with van der Waals surface area (Å²) in [6.45, 7) is 0. The Morgan fingerprint density at radius 2 is 1.73 bits per heavy atom. The number of hydrogen-bond acceptors (Lipinski definition) is 5. The van der Waals surface area contributed by atoms with E-state index >= 15 is 0 Å². The SMILES string of the molecule is O=C1[C@@H]2[C@H](C(=O)N1c1cc([N+](=O)[O-])ccc1Cl)[C@@H]1C=C[C@H]2O1. The number of rotatable bonds is 2. The normalized spacial score (nSPS) is 32.0. The molecule has 3 aliphatic heterocycles. The molecule has 8 heteroatoms. The van der Waals surface area contributed by atoms with Gasteiger partial charge in [0.05, 0.1) is 39.7 Å². The van der Waals surface area contributed by atoms with Gasteiger partial charge in [-0.1, -0.05) is 23.8 Å². The smallest absolute Gasteiger partial charge is 0.271 e. The number of ether oxygens (including phenoxy) is 1. The van der Waals surface area contributed by atoms with E-state index < -0.39 is 40.8 Å². The van der Waals surface area contributed by atoms with Crippen LogP contribution in [0.3, 0.4) is 0 Å². The Morgan fingerprint density at radius 3 is 2.27 bits per heavy atom. The first kappa shape index (κ1) is 13.4. The van der Waals surface area contributed by atoms with E-state index in [0.29, 0.717) is 0 Å². The molecule has 0 radical (unpaired) electrons. The largest absolute Gasteiger partial charge is 0.365 e. The van der Waals surface area contributed by atoms with Crippen molar-refractivity contribution in [1.29, 1.82) is 0 Å². The van der Waals surface area contributed by atoms with Gasteiger partial charge < -0.3 is 4.74 Å². The molecule has 2 fully saturated rings. The molecule has 1 aromatic carbocycles. The molecule has 3 aliphatic rings. The van der Waals surface area contributed by atoms with Crippen LogP contribution in [-0.2, 0) is 14.3 Å². The fourth-order valence-electron chi connectivity index (χ4n) is 3.33. The number of carbonyl (C=O) groups excluding carboxylic acids is 2. The third-order valence-electron chi connectivity index (χ3n) is 4.29. The number of fused-ring (bicyclic) bond motifs is 5. The first-order valence-electron chi connectivity index (χ1n) is 6.64. The van der Waals surface area contributed by atoms with E-state index in [1.807, 2.05) is 0 Å². The quantitative estimate of drug-likeness (QED) is 0.358. The van der Waals surface area contributed by atoms with E-state index in [1.165, 1.54) is 12.1 Å². The van der Waals surface area contributed by atoms with Gasteiger partial charge in [-0.25, -0.2) is 4.90 Å². The van der Waals surface area contributed by atoms with E-state index in [1.54, 1.807) is 12.2 Å². The second-order valence-electron chi connectivity index (χ2n) is 5.41. The average Bonchev–Trinajstić information content (AvgIpc) is 3.14. The van der Waals surface area contributed by atoms with Crippen molar-refractivity contribution in [1.82, 2.24) is 0 Å². The topological polar surface area (TPSA) is 89.8 Å². The second-order valence-corrected chi connectivity index (χ2v) is 5.81. The van der Waals surface area contributed by atoms with Gasteiger partial charge in [0.25, 0.3) is 5.69 Å². The van der Waals surface area contributed by atoms with Crippen LogP contribution >= 0.6 is 11.6 Å². The third kappa shape index (κ3) is 1.60. The molecule has 0 N–H and O–H groups in total. The van der Waals surface area contributed by atoms with Crippen LogP contribution < -0.4 is 4.90 Å². The minimum Gasteiger partial charge on any atom is -0.365 e. The maximum atomic E-state index is 12.6. The maximum Gasteiger partial charge on any atom is 0.271 e. The lowest BCUT2D eigenvalue weighted by molar-refractivity contribution is -0.384. The van der Waals surface area contributed by atoms with E-state index in [9.17, 15) is 19.7 Å². The van der Waals surface area contributed by atoms with Crippen molar-refractivity contribution < 1.29 is 19.2 Å². The zero-order chi connectivity index (χ0) is 15.6. The number of nitro benzene ring substituents is 1. The number of hydrogen-bond donors (Lipinski definition) is 0. The molecule has 7 nitrogen and oxygen atoms in total. The Kier molecular flexibility index (Phi) is 2.67. The summed E-state index contributed by atoms with van der Waals surface area (Å²) in [6.07, 6.45) is 2.73. The van der Waals surface area contributed by atoms with Crippen molar-refractivity contribution in [3.8, 4) is 0 Å². The Labute approximate surface area is 129 Å². The monoisotopic (exact) mass is 320 g/mol. The molecule has 4 atom stereocenters. The molecule has 2 saturated heterocycles. The van der Waals surface area contributed by atoms with Crippen molar-refractivity contribution in [2.45, 2.75) is 12.2 Å². The van der Waals surface area contributed by atoms with E-state index in [0.717, 1.165) is 11.0 Å². The highest BCUT2D eigenvalue weighted by Crippen LogP contribution is 2.47. The van der Waals surface area contributed by atoms with E-state index in [4.69, 9.17) is 16.3 Å². The fourth-order valence-corrected chi connectivity index (χ4v) is 3.53. The van der Waals surface area contributed by atoms with Crippen LogP contribution in [-0.4, -0.2) is 28.9 Å². The highest BCUT2D eigenvalue weighted by molar-refractivity contribution is 6.36. The second kappa shape index (κ2) is 4.37. The number of nitrogens with zero attached hydrogens (tertiary/aromatic N) is 2. The van der Waals surface area contributed by atoms with Crippen LogP contribution in [0.15, 0.2) is 30.4 Å². The summed E-state index contributed by atoms with van der Waals surface area (Å²) in [6, 6.07) is 3.69. The van der Waals surface area contributed by atoms with Crippen molar-refractivity contribution in [3.63, 3.8) is 0 Å². The lowest BCUT2D eigenvalue weighted by Crippen LogP contribution is -2.34. The average molecular weight is 321 g/mol. The van der Waals surface area contributed by atoms with Gasteiger partial charge >= 0.3 is 0 Å². The Bertz CT molecular complexity index is 732. The van der Waals surface area contributed by atoms with Crippen LogP contribution in [0.4, 0.5) is 11.4 Å². The number of carbonyl (C=O) groups is 2. The van der Waals surface area contributed by atoms with Crippen molar-refractivity contribution in [3.05, 3.63) is 45.5 Å². The summed E-state index contributed by atoms with van der Waals surface area (Å²) in [5, 5.41) is 11.0. The number of benzene rings is 1. The molecular formula is C14H9ClN2O5. The highest BCUT2D eigenvalue weighted by atomic mass is 35.5. The molecule has 2 bridgehead atoms. The molecule has 4 rings (SSSR count). The van der Waals surface area contributed by atoms with Gasteiger partial charge in [-0.2, -0.15) is 0 Å². The minimum atomic E-state index is -0.597. The number of non-ortho nitro benzene ring substituents is 1. The number of imide groups is 1. The number of anilines is 1. The first-order valence-corrected chi connectivity index (χ1v) is 7.02. The summed E-state index contributed by atoms with van der Waals surface area (Å²) in [5.41, 5.74) is -0.172. The van der Waals surface area contributed by atoms with Gasteiger partial charge in [0, 0.05) is 12.1 Å². The van der Waals surface area contributed by atoms with Gasteiger partial charge in [0.1, 0.15) is 0 Å². The molecule has 1 aromatic rings. The van der Waals surface area contributed by atoms with E-state index in [-0.39, 0.29) is 16.4 Å². The molecule has 0 spiro atoms. The van der Waals surface area contributed by atoms with Crippen molar-refractivity contribution in [2.75, 3.05) is 4.90 Å². The van der Waals surface area contributed by atoms with Gasteiger partial charge in [0.2, 0.25) is 11.8 Å². The summed E-state index contributed by atoms with van der Waals surface area (Å²) in [4.78, 5) is 36.4. The predicted molar refractivity (Wildman–Crippen MR) is 75.4 cm³/mol. The summed E-state index contributed by atoms with van der Waals surface area (Å²) < 4.78 is 5.54. The van der Waals surface area contributed by atoms with Crippen LogP contribution in [0.5, 0.6) is 0 Å². The van der Waals surface area contributed by atoms with E-state index in [2.05, 4.69) is 0 Å². The molecule has 0 aromatic heterocycles.